The highest BCUT2D eigenvalue weighted by molar-refractivity contribution is 14.1. The summed E-state index contributed by atoms with van der Waals surface area (Å²) in [4.78, 5) is 0. The minimum atomic E-state index is 0.681. The van der Waals surface area contributed by atoms with Gasteiger partial charge in [0, 0.05) is 0 Å². The molecule has 0 aliphatic heterocycles. The van der Waals surface area contributed by atoms with Crippen LogP contribution in [0.5, 0.6) is 0 Å². The molecule has 38 valence electrons. The Kier molecular flexibility index (Phi) is 1.59. The summed E-state index contributed by atoms with van der Waals surface area (Å²) in [5, 5.41) is 0.681. The molecule has 0 amide bonds. The molecule has 0 fully saturated rings. The van der Waals surface area contributed by atoms with Gasteiger partial charge in [-0.25, -0.2) is 0 Å². The number of rotatable bonds is 0. The van der Waals surface area contributed by atoms with Crippen LogP contribution in [0, 0.1) is 3.57 Å². The largest absolute Gasteiger partial charge is 0.470 e. The van der Waals surface area contributed by atoms with E-state index in [1.54, 1.807) is 6.26 Å². The van der Waals surface area contributed by atoms with Crippen molar-refractivity contribution in [2.45, 2.75) is 0 Å². The maximum absolute atomic E-state index is 5.52. The molecule has 0 aliphatic rings. The average molecular weight is 228 g/mol. The minimum absolute atomic E-state index is 0.681. The third kappa shape index (κ3) is 1.10. The Morgan fingerprint density at radius 1 is 1.57 bits per heavy atom. The quantitative estimate of drug-likeness (QED) is 0.622. The highest BCUT2D eigenvalue weighted by Crippen LogP contribution is 2.17. The first kappa shape index (κ1) is 5.44. The maximum atomic E-state index is 5.52. The summed E-state index contributed by atoms with van der Waals surface area (Å²) in [5.74, 6) is 0. The van der Waals surface area contributed by atoms with E-state index in [0.717, 1.165) is 3.57 Å². The summed E-state index contributed by atoms with van der Waals surface area (Å²) in [6.07, 6.45) is 3.10. The van der Waals surface area contributed by atoms with Crippen LogP contribution in [0.3, 0.4) is 0 Å². The van der Waals surface area contributed by atoms with Gasteiger partial charge in [-0.1, -0.05) is 11.6 Å². The van der Waals surface area contributed by atoms with Crippen LogP contribution in [0.2, 0.25) is 5.02 Å². The highest BCUT2D eigenvalue weighted by atomic mass is 127. The van der Waals surface area contributed by atoms with E-state index in [9.17, 15) is 0 Å². The zero-order valence-corrected chi connectivity index (χ0v) is 6.23. The van der Waals surface area contributed by atoms with Gasteiger partial charge in [-0.15, -0.1) is 0 Å². The molecule has 0 N–H and O–H groups in total. The average Bonchev–Trinajstić information content (AvgIpc) is 1.91. The van der Waals surface area contributed by atoms with Gasteiger partial charge in [0.15, 0.2) is 0 Å². The Hall–Kier alpha value is 0.300. The van der Waals surface area contributed by atoms with E-state index in [-0.39, 0.29) is 0 Å². The molecule has 0 saturated heterocycles. The van der Waals surface area contributed by atoms with Crippen molar-refractivity contribution < 1.29 is 4.42 Å². The molecular formula is C4H2ClIO. The van der Waals surface area contributed by atoms with Gasteiger partial charge >= 0.3 is 0 Å². The van der Waals surface area contributed by atoms with Crippen LogP contribution in [0.1, 0.15) is 0 Å². The van der Waals surface area contributed by atoms with Crippen molar-refractivity contribution in [3.05, 3.63) is 21.1 Å². The molecule has 7 heavy (non-hydrogen) atoms. The Labute approximate surface area is 59.8 Å². The molecule has 0 spiro atoms. The zero-order valence-electron chi connectivity index (χ0n) is 3.32. The first-order valence-corrected chi connectivity index (χ1v) is 3.13. The van der Waals surface area contributed by atoms with E-state index >= 15 is 0 Å². The first-order chi connectivity index (χ1) is 3.30. The third-order valence-electron chi connectivity index (χ3n) is 0.571. The standard InChI is InChI=1S/C4H2ClIO/c5-3-1-7-2-4(3)6/h1-2H. The zero-order chi connectivity index (χ0) is 5.28. The van der Waals surface area contributed by atoms with Crippen LogP contribution < -0.4 is 0 Å². The summed E-state index contributed by atoms with van der Waals surface area (Å²) in [6.45, 7) is 0. The van der Waals surface area contributed by atoms with Crippen molar-refractivity contribution in [1.29, 1.82) is 0 Å². The smallest absolute Gasteiger partial charge is 0.110 e. The summed E-state index contributed by atoms with van der Waals surface area (Å²) in [5.41, 5.74) is 0. The van der Waals surface area contributed by atoms with Crippen molar-refractivity contribution in [2.75, 3.05) is 0 Å². The molecule has 0 aliphatic carbocycles. The van der Waals surface area contributed by atoms with E-state index in [4.69, 9.17) is 16.0 Å². The summed E-state index contributed by atoms with van der Waals surface area (Å²) < 4.78 is 5.66. The van der Waals surface area contributed by atoms with Crippen molar-refractivity contribution in [2.24, 2.45) is 0 Å². The van der Waals surface area contributed by atoms with E-state index in [2.05, 4.69) is 22.6 Å². The van der Waals surface area contributed by atoms with Gasteiger partial charge in [0.1, 0.15) is 12.5 Å². The number of hydrogen-bond acceptors (Lipinski definition) is 1. The molecule has 1 aromatic heterocycles. The van der Waals surface area contributed by atoms with Crippen LogP contribution in [0.4, 0.5) is 0 Å². The van der Waals surface area contributed by atoms with E-state index in [1.165, 1.54) is 6.26 Å². The molecule has 1 heterocycles. The Balaban J connectivity index is 3.12. The van der Waals surface area contributed by atoms with Gasteiger partial charge < -0.3 is 4.42 Å². The molecule has 0 unspecified atom stereocenters. The lowest BCUT2D eigenvalue weighted by Gasteiger charge is -1.71. The fraction of sp³-hybridized carbons (Fsp3) is 0. The Bertz CT molecular complexity index is 144. The van der Waals surface area contributed by atoms with E-state index in [0.29, 0.717) is 5.02 Å². The first-order valence-electron chi connectivity index (χ1n) is 1.68. The van der Waals surface area contributed by atoms with E-state index in [1.807, 2.05) is 0 Å². The minimum Gasteiger partial charge on any atom is -0.470 e. The number of furan rings is 1. The number of hydrogen-bond donors (Lipinski definition) is 0. The molecule has 1 aromatic rings. The van der Waals surface area contributed by atoms with Crippen molar-refractivity contribution in [1.82, 2.24) is 0 Å². The lowest BCUT2D eigenvalue weighted by Crippen LogP contribution is -1.53. The van der Waals surface area contributed by atoms with Gasteiger partial charge in [-0.3, -0.25) is 0 Å². The monoisotopic (exact) mass is 228 g/mol. The Morgan fingerprint density at radius 2 is 2.29 bits per heavy atom. The molecule has 1 nitrogen and oxygen atoms in total. The predicted octanol–water partition coefficient (Wildman–Crippen LogP) is 2.54. The van der Waals surface area contributed by atoms with Crippen molar-refractivity contribution in [3.8, 4) is 0 Å². The van der Waals surface area contributed by atoms with Crippen LogP contribution in [-0.2, 0) is 0 Å². The summed E-state index contributed by atoms with van der Waals surface area (Å²) >= 11 is 7.62. The number of halogens is 2. The molecular weight excluding hydrogens is 226 g/mol. The lowest BCUT2D eigenvalue weighted by atomic mass is 10.7. The summed E-state index contributed by atoms with van der Waals surface area (Å²) in [6, 6.07) is 0. The maximum Gasteiger partial charge on any atom is 0.110 e. The molecule has 1 rings (SSSR count). The van der Waals surface area contributed by atoms with Gasteiger partial charge in [-0.05, 0) is 22.6 Å². The molecule has 0 aromatic carbocycles. The normalized spacial score (nSPS) is 9.43. The second kappa shape index (κ2) is 2.05. The third-order valence-corrected chi connectivity index (χ3v) is 2.02. The fourth-order valence-electron chi connectivity index (χ4n) is 0.266. The highest BCUT2D eigenvalue weighted by Gasteiger charge is 1.93. The fourth-order valence-corrected chi connectivity index (χ4v) is 0.636. The topological polar surface area (TPSA) is 13.1 Å². The van der Waals surface area contributed by atoms with Crippen LogP contribution in [-0.4, -0.2) is 0 Å². The lowest BCUT2D eigenvalue weighted by molar-refractivity contribution is 0.566. The van der Waals surface area contributed by atoms with Gasteiger partial charge in [-0.2, -0.15) is 0 Å². The molecule has 0 saturated carbocycles. The second-order valence-electron chi connectivity index (χ2n) is 1.07. The van der Waals surface area contributed by atoms with Gasteiger partial charge in [0.05, 0.1) is 8.59 Å². The van der Waals surface area contributed by atoms with Crippen LogP contribution >= 0.6 is 34.2 Å². The predicted molar refractivity (Wildman–Crippen MR) is 36.4 cm³/mol. The molecule has 0 atom stereocenters. The SMILES string of the molecule is Clc1cocc1I. The van der Waals surface area contributed by atoms with Crippen molar-refractivity contribution >= 4 is 34.2 Å². The summed E-state index contributed by atoms with van der Waals surface area (Å²) in [7, 11) is 0. The Morgan fingerprint density at radius 3 is 2.43 bits per heavy atom. The second-order valence-corrected chi connectivity index (χ2v) is 2.64. The van der Waals surface area contributed by atoms with E-state index < -0.39 is 0 Å². The van der Waals surface area contributed by atoms with Crippen LogP contribution in [0.25, 0.3) is 0 Å². The molecule has 0 bridgehead atoms. The van der Waals surface area contributed by atoms with Crippen LogP contribution in [0.15, 0.2) is 16.9 Å². The molecule has 0 radical (unpaired) electrons. The van der Waals surface area contributed by atoms with Gasteiger partial charge in [0.25, 0.3) is 0 Å². The van der Waals surface area contributed by atoms with Gasteiger partial charge in [0.2, 0.25) is 0 Å². The van der Waals surface area contributed by atoms with Crippen molar-refractivity contribution in [3.63, 3.8) is 0 Å². The molecule has 3 heteroatoms.